The Hall–Kier alpha value is -1.81. The van der Waals surface area contributed by atoms with Crippen molar-refractivity contribution < 1.29 is 0 Å². The Balaban J connectivity index is 2.47. The Kier molecular flexibility index (Phi) is 2.41. The second-order valence-electron chi connectivity index (χ2n) is 4.43. The first-order valence-electron chi connectivity index (χ1n) is 5.72. The molecule has 1 aromatic carbocycles. The number of nitrogens with zero attached hydrogens (tertiary/aromatic N) is 2. The minimum absolute atomic E-state index is 0.0899. The van der Waals surface area contributed by atoms with E-state index in [0.29, 0.717) is 5.52 Å². The Morgan fingerprint density at radius 3 is 2.94 bits per heavy atom. The van der Waals surface area contributed by atoms with E-state index in [4.69, 9.17) is 11.6 Å². The van der Waals surface area contributed by atoms with Crippen LogP contribution in [0.1, 0.15) is 23.4 Å². The van der Waals surface area contributed by atoms with Crippen LogP contribution in [-0.4, -0.2) is 14.6 Å². The molecule has 0 bridgehead atoms. The number of fused-ring (bicyclic) bond motifs is 3. The highest BCUT2D eigenvalue weighted by molar-refractivity contribution is 6.20. The van der Waals surface area contributed by atoms with Crippen LogP contribution >= 0.6 is 11.6 Å². The van der Waals surface area contributed by atoms with Crippen molar-refractivity contribution in [2.75, 3.05) is 0 Å². The van der Waals surface area contributed by atoms with Crippen LogP contribution in [0.3, 0.4) is 0 Å². The van der Waals surface area contributed by atoms with Crippen molar-refractivity contribution in [3.05, 3.63) is 45.9 Å². The van der Waals surface area contributed by atoms with Gasteiger partial charge in [0.15, 0.2) is 0 Å². The molecule has 2 aromatic heterocycles. The fraction of sp³-hybridized carbons (Fsp3) is 0.231. The summed E-state index contributed by atoms with van der Waals surface area (Å²) in [5.41, 5.74) is 3.93. The molecule has 0 fully saturated rings. The number of nitrogens with one attached hydrogen (secondary N) is 1. The number of H-pyrrole nitrogens is 1. The molecule has 92 valence electrons. The lowest BCUT2D eigenvalue weighted by molar-refractivity contribution is 0.983. The van der Waals surface area contributed by atoms with Gasteiger partial charge in [-0.3, -0.25) is 4.79 Å². The number of hydrogen-bond acceptors (Lipinski definition) is 2. The Labute approximate surface area is 108 Å². The molecule has 2 heterocycles. The fourth-order valence-corrected chi connectivity index (χ4v) is 2.29. The van der Waals surface area contributed by atoms with Crippen LogP contribution in [0.5, 0.6) is 0 Å². The summed E-state index contributed by atoms with van der Waals surface area (Å²) in [5, 5.41) is 4.16. The maximum Gasteiger partial charge on any atom is 0.274 e. The summed E-state index contributed by atoms with van der Waals surface area (Å²) in [6, 6.07) is 5.78. The Morgan fingerprint density at radius 1 is 1.44 bits per heavy atom. The van der Waals surface area contributed by atoms with Crippen molar-refractivity contribution in [1.29, 1.82) is 0 Å². The molecule has 0 saturated heterocycles. The smallest absolute Gasteiger partial charge is 0.274 e. The minimum atomic E-state index is -0.128. The number of hydrogen-bond donors (Lipinski definition) is 1. The van der Waals surface area contributed by atoms with Gasteiger partial charge in [-0.1, -0.05) is 6.07 Å². The summed E-state index contributed by atoms with van der Waals surface area (Å²) >= 11 is 6.05. The summed E-state index contributed by atoms with van der Waals surface area (Å²) in [7, 11) is 0. The van der Waals surface area contributed by atoms with Crippen LogP contribution in [0.2, 0.25) is 0 Å². The standard InChI is InChI=1S/C13H12ClN3O/c1-7-6-15-17-11-4-3-9(8(2)14)5-10(11)16-13(18)12(7)17/h3-6,8H,1-2H3,(H,16,18). The van der Waals surface area contributed by atoms with Crippen LogP contribution in [0.15, 0.2) is 29.2 Å². The van der Waals surface area contributed by atoms with Gasteiger partial charge in [0.2, 0.25) is 0 Å². The van der Waals surface area contributed by atoms with Gasteiger partial charge >= 0.3 is 0 Å². The molecule has 0 aliphatic rings. The van der Waals surface area contributed by atoms with Gasteiger partial charge in [-0.05, 0) is 31.5 Å². The first-order valence-corrected chi connectivity index (χ1v) is 6.16. The summed E-state index contributed by atoms with van der Waals surface area (Å²) in [4.78, 5) is 14.9. The third-order valence-electron chi connectivity index (χ3n) is 3.12. The van der Waals surface area contributed by atoms with Crippen molar-refractivity contribution in [3.63, 3.8) is 0 Å². The number of halogens is 1. The van der Waals surface area contributed by atoms with E-state index in [0.717, 1.165) is 22.2 Å². The third kappa shape index (κ3) is 1.53. The molecule has 0 amide bonds. The zero-order valence-corrected chi connectivity index (χ0v) is 10.8. The highest BCUT2D eigenvalue weighted by atomic mass is 35.5. The number of aromatic amines is 1. The van der Waals surface area contributed by atoms with Crippen molar-refractivity contribution in [1.82, 2.24) is 14.6 Å². The molecular formula is C13H12ClN3O. The van der Waals surface area contributed by atoms with Crippen molar-refractivity contribution >= 4 is 28.2 Å². The number of aryl methyl sites for hydroxylation is 1. The number of alkyl halides is 1. The zero-order chi connectivity index (χ0) is 12.9. The molecule has 3 aromatic rings. The molecular weight excluding hydrogens is 250 g/mol. The summed E-state index contributed by atoms with van der Waals surface area (Å²) < 4.78 is 1.67. The number of benzene rings is 1. The van der Waals surface area contributed by atoms with Crippen LogP contribution in [0, 0.1) is 6.92 Å². The van der Waals surface area contributed by atoms with E-state index in [1.165, 1.54) is 0 Å². The molecule has 1 unspecified atom stereocenters. The highest BCUT2D eigenvalue weighted by Gasteiger charge is 2.10. The molecule has 0 aliphatic carbocycles. The first kappa shape index (κ1) is 11.3. The van der Waals surface area contributed by atoms with Crippen LogP contribution in [0.25, 0.3) is 16.6 Å². The van der Waals surface area contributed by atoms with Crippen molar-refractivity contribution in [2.24, 2.45) is 0 Å². The normalized spacial score (nSPS) is 13.3. The van der Waals surface area contributed by atoms with Crippen molar-refractivity contribution in [3.8, 4) is 0 Å². The maximum absolute atomic E-state index is 12.0. The van der Waals surface area contributed by atoms with Gasteiger partial charge in [-0.15, -0.1) is 11.6 Å². The van der Waals surface area contributed by atoms with E-state index in [-0.39, 0.29) is 10.9 Å². The quantitative estimate of drug-likeness (QED) is 0.685. The van der Waals surface area contributed by atoms with Gasteiger partial charge in [-0.2, -0.15) is 5.10 Å². The Bertz CT molecular complexity index is 801. The highest BCUT2D eigenvalue weighted by Crippen LogP contribution is 2.23. The predicted octanol–water partition coefficient (Wildman–Crippen LogP) is 2.78. The van der Waals surface area contributed by atoms with Gasteiger partial charge in [0.05, 0.1) is 22.6 Å². The lowest BCUT2D eigenvalue weighted by Gasteiger charge is -2.06. The molecule has 4 nitrogen and oxygen atoms in total. The molecule has 18 heavy (non-hydrogen) atoms. The molecule has 1 atom stereocenters. The van der Waals surface area contributed by atoms with Crippen LogP contribution in [0.4, 0.5) is 0 Å². The van der Waals surface area contributed by atoms with Gasteiger partial charge in [0.25, 0.3) is 5.56 Å². The second kappa shape index (κ2) is 3.85. The molecule has 0 spiro atoms. The Morgan fingerprint density at radius 2 is 2.22 bits per heavy atom. The predicted molar refractivity (Wildman–Crippen MR) is 72.3 cm³/mol. The molecule has 5 heteroatoms. The average Bonchev–Trinajstić information content (AvgIpc) is 2.71. The molecule has 0 aliphatic heterocycles. The maximum atomic E-state index is 12.0. The molecule has 1 N–H and O–H groups in total. The van der Waals surface area contributed by atoms with E-state index in [1.807, 2.05) is 32.0 Å². The van der Waals surface area contributed by atoms with Gasteiger partial charge < -0.3 is 4.98 Å². The zero-order valence-electron chi connectivity index (χ0n) is 10.1. The fourth-order valence-electron chi connectivity index (χ4n) is 2.16. The first-order chi connectivity index (χ1) is 8.58. The second-order valence-corrected chi connectivity index (χ2v) is 5.09. The lowest BCUT2D eigenvalue weighted by Crippen LogP contribution is -2.11. The topological polar surface area (TPSA) is 50.2 Å². The van der Waals surface area contributed by atoms with E-state index in [1.54, 1.807) is 10.7 Å². The van der Waals surface area contributed by atoms with Crippen LogP contribution < -0.4 is 5.56 Å². The minimum Gasteiger partial charge on any atom is -0.319 e. The van der Waals surface area contributed by atoms with Gasteiger partial charge in [-0.25, -0.2) is 4.52 Å². The summed E-state index contributed by atoms with van der Waals surface area (Å²) in [6.07, 6.45) is 1.70. The van der Waals surface area contributed by atoms with Gasteiger partial charge in [0, 0.05) is 5.56 Å². The number of aromatic nitrogens is 3. The number of rotatable bonds is 1. The molecule has 0 saturated carbocycles. The SMILES string of the molecule is Cc1cnn2c1c(=O)[nH]c1cc(C(C)Cl)ccc12. The van der Waals surface area contributed by atoms with E-state index >= 15 is 0 Å². The van der Waals surface area contributed by atoms with E-state index < -0.39 is 0 Å². The third-order valence-corrected chi connectivity index (χ3v) is 3.38. The summed E-state index contributed by atoms with van der Waals surface area (Å²) in [5.74, 6) is 0. The van der Waals surface area contributed by atoms with E-state index in [2.05, 4.69) is 10.1 Å². The van der Waals surface area contributed by atoms with Crippen LogP contribution in [-0.2, 0) is 0 Å². The molecule has 3 rings (SSSR count). The lowest BCUT2D eigenvalue weighted by atomic mass is 10.1. The van der Waals surface area contributed by atoms with Crippen molar-refractivity contribution in [2.45, 2.75) is 19.2 Å². The average molecular weight is 262 g/mol. The largest absolute Gasteiger partial charge is 0.319 e. The summed E-state index contributed by atoms with van der Waals surface area (Å²) in [6.45, 7) is 3.77. The monoisotopic (exact) mass is 261 g/mol. The van der Waals surface area contributed by atoms with E-state index in [9.17, 15) is 4.79 Å². The molecule has 0 radical (unpaired) electrons. The van der Waals surface area contributed by atoms with Gasteiger partial charge in [0.1, 0.15) is 5.52 Å².